The van der Waals surface area contributed by atoms with Crippen LogP contribution in [-0.4, -0.2) is 81.2 Å². The van der Waals surface area contributed by atoms with Gasteiger partial charge in [-0.3, -0.25) is 4.52 Å². The summed E-state index contributed by atoms with van der Waals surface area (Å²) in [5.74, 6) is -51.3. The molecule has 0 amide bonds. The zero-order valence-corrected chi connectivity index (χ0v) is 17.2. The number of rotatable bonds is 11. The SMILES string of the molecule is O=P(O)(O)OCC(O)CC(F)(F)C(F)(F)C(F)(F)C(F)(F)C(F)(F)C(F)(F)C(F)(C(F)(F)F)C(F)(F)F. The van der Waals surface area contributed by atoms with Gasteiger partial charge in [-0.05, 0) is 0 Å². The average molecular weight is 624 g/mol. The van der Waals surface area contributed by atoms with E-state index in [1.807, 2.05) is 0 Å². The van der Waals surface area contributed by atoms with Crippen molar-refractivity contribution >= 4 is 7.82 Å². The quantitative estimate of drug-likeness (QED) is 0.209. The van der Waals surface area contributed by atoms with Crippen molar-refractivity contribution in [2.75, 3.05) is 6.61 Å². The fourth-order valence-electron chi connectivity index (χ4n) is 2.22. The number of phosphoric acid groups is 1. The lowest BCUT2D eigenvalue weighted by molar-refractivity contribution is -0.472. The van der Waals surface area contributed by atoms with Gasteiger partial charge in [0, 0.05) is 6.42 Å². The summed E-state index contributed by atoms with van der Waals surface area (Å²) in [5, 5.41) is 8.87. The molecule has 37 heavy (non-hydrogen) atoms. The van der Waals surface area contributed by atoms with Crippen LogP contribution in [0.3, 0.4) is 0 Å². The van der Waals surface area contributed by atoms with Crippen LogP contribution in [0.15, 0.2) is 0 Å². The highest BCUT2D eigenvalue weighted by atomic mass is 31.2. The number of phosphoric ester groups is 1. The summed E-state index contributed by atoms with van der Waals surface area (Å²) in [6.07, 6.45) is -23.6. The Morgan fingerprint density at radius 2 is 0.865 bits per heavy atom. The van der Waals surface area contributed by atoms with Gasteiger partial charge in [-0.15, -0.1) is 0 Å². The van der Waals surface area contributed by atoms with Crippen LogP contribution in [0.2, 0.25) is 0 Å². The molecule has 0 aromatic carbocycles. The minimum atomic E-state index is -9.16. The lowest BCUT2D eigenvalue weighted by atomic mass is 9.83. The van der Waals surface area contributed by atoms with Crippen molar-refractivity contribution in [3.05, 3.63) is 0 Å². The predicted octanol–water partition coefficient (Wildman–Crippen LogP) is 5.49. The fourth-order valence-corrected chi connectivity index (χ4v) is 2.59. The topological polar surface area (TPSA) is 87.0 Å². The molecule has 224 valence electrons. The molecule has 0 radical (unpaired) electrons. The molecule has 5 nitrogen and oxygen atoms in total. The first kappa shape index (κ1) is 35.7. The third-order valence-electron chi connectivity index (χ3n) is 4.18. The summed E-state index contributed by atoms with van der Waals surface area (Å²) in [4.78, 5) is 16.4. The molecule has 0 bridgehead atoms. The minimum absolute atomic E-state index is 2.20. The summed E-state index contributed by atoms with van der Waals surface area (Å²) in [7, 11) is -5.73. The molecule has 25 heteroatoms. The minimum Gasteiger partial charge on any atom is -0.390 e. The highest BCUT2D eigenvalue weighted by Gasteiger charge is 2.98. The Morgan fingerprint density at radius 3 is 1.16 bits per heavy atom. The molecule has 0 heterocycles. The number of alkyl halides is 19. The zero-order chi connectivity index (χ0) is 30.7. The van der Waals surface area contributed by atoms with E-state index in [9.17, 15) is 88.0 Å². The third-order valence-corrected chi connectivity index (χ3v) is 4.66. The van der Waals surface area contributed by atoms with E-state index in [-0.39, 0.29) is 0 Å². The Labute approximate surface area is 189 Å². The molecular weight excluding hydrogens is 616 g/mol. The van der Waals surface area contributed by atoms with Crippen molar-refractivity contribution < 1.29 is 107 Å². The van der Waals surface area contributed by atoms with Gasteiger partial charge >= 0.3 is 61.4 Å². The van der Waals surface area contributed by atoms with Crippen LogP contribution in [-0.2, 0) is 9.09 Å². The molecule has 0 aliphatic carbocycles. The molecule has 1 unspecified atom stereocenters. The Balaban J connectivity index is 6.77. The molecule has 0 aromatic rings. The molecule has 0 fully saturated rings. The van der Waals surface area contributed by atoms with Gasteiger partial charge in [0.2, 0.25) is 0 Å². The van der Waals surface area contributed by atoms with Crippen molar-refractivity contribution in [1.29, 1.82) is 0 Å². The predicted molar refractivity (Wildman–Crippen MR) is 74.3 cm³/mol. The van der Waals surface area contributed by atoms with E-state index in [2.05, 4.69) is 4.52 Å². The lowest BCUT2D eigenvalue weighted by Crippen LogP contribution is -2.77. The van der Waals surface area contributed by atoms with Gasteiger partial charge in [0.15, 0.2) is 0 Å². The van der Waals surface area contributed by atoms with Crippen molar-refractivity contribution in [2.45, 2.75) is 66.1 Å². The maximum atomic E-state index is 13.6. The summed E-state index contributed by atoms with van der Waals surface area (Å²) in [5.41, 5.74) is -8.84. The van der Waals surface area contributed by atoms with Crippen LogP contribution in [0, 0.1) is 0 Å². The second kappa shape index (κ2) is 9.44. The van der Waals surface area contributed by atoms with Crippen molar-refractivity contribution in [3.8, 4) is 0 Å². The van der Waals surface area contributed by atoms with Crippen LogP contribution in [0.5, 0.6) is 0 Å². The van der Waals surface area contributed by atoms with E-state index in [1.54, 1.807) is 0 Å². The van der Waals surface area contributed by atoms with E-state index >= 15 is 0 Å². The van der Waals surface area contributed by atoms with Gasteiger partial charge in [0.1, 0.15) is 0 Å². The number of aliphatic hydroxyl groups is 1. The average Bonchev–Trinajstić information content (AvgIpc) is 2.61. The highest BCUT2D eigenvalue weighted by Crippen LogP contribution is 2.66. The van der Waals surface area contributed by atoms with Crippen LogP contribution >= 0.6 is 7.82 Å². The number of halogens is 19. The largest absolute Gasteiger partial charge is 0.469 e. The van der Waals surface area contributed by atoms with Crippen molar-refractivity contribution in [1.82, 2.24) is 0 Å². The van der Waals surface area contributed by atoms with Gasteiger partial charge in [-0.25, -0.2) is 8.96 Å². The Morgan fingerprint density at radius 1 is 0.568 bits per heavy atom. The molecule has 0 saturated heterocycles. The van der Waals surface area contributed by atoms with E-state index in [0.29, 0.717) is 0 Å². The summed E-state index contributed by atoms with van der Waals surface area (Å²) in [6.45, 7) is -2.20. The number of hydrogen-bond donors (Lipinski definition) is 3. The summed E-state index contributed by atoms with van der Waals surface area (Å²) >= 11 is 0. The van der Waals surface area contributed by atoms with E-state index in [0.717, 1.165) is 0 Å². The van der Waals surface area contributed by atoms with Crippen molar-refractivity contribution in [3.63, 3.8) is 0 Å². The Kier molecular flexibility index (Phi) is 9.11. The second-order valence-corrected chi connectivity index (χ2v) is 8.11. The fraction of sp³-hybridized carbons (Fsp3) is 1.00. The molecule has 1 atom stereocenters. The maximum absolute atomic E-state index is 13.6. The maximum Gasteiger partial charge on any atom is 0.469 e. The van der Waals surface area contributed by atoms with Crippen molar-refractivity contribution in [2.24, 2.45) is 0 Å². The zero-order valence-electron chi connectivity index (χ0n) is 16.3. The monoisotopic (exact) mass is 624 g/mol. The van der Waals surface area contributed by atoms with Crippen LogP contribution in [0.1, 0.15) is 6.42 Å². The van der Waals surface area contributed by atoms with Gasteiger partial charge in [-0.2, -0.15) is 79.0 Å². The molecule has 0 aliphatic rings. The number of aliphatic hydroxyl groups excluding tert-OH is 1. The Bertz CT molecular complexity index is 844. The molecule has 0 spiro atoms. The molecule has 0 aromatic heterocycles. The van der Waals surface area contributed by atoms with Crippen LogP contribution < -0.4 is 0 Å². The van der Waals surface area contributed by atoms with Gasteiger partial charge < -0.3 is 14.9 Å². The second-order valence-electron chi connectivity index (χ2n) is 6.87. The van der Waals surface area contributed by atoms with E-state index < -0.39 is 80.5 Å². The molecule has 3 N–H and O–H groups in total. The molecule has 0 rings (SSSR count). The smallest absolute Gasteiger partial charge is 0.390 e. The normalized spacial score (nSPS) is 17.2. The first-order valence-corrected chi connectivity index (χ1v) is 9.60. The van der Waals surface area contributed by atoms with Crippen LogP contribution in [0.25, 0.3) is 0 Å². The first-order chi connectivity index (χ1) is 15.6. The molecule has 0 aliphatic heterocycles. The summed E-state index contributed by atoms with van der Waals surface area (Å²) in [6, 6.07) is 0. The first-order valence-electron chi connectivity index (χ1n) is 8.07. The van der Waals surface area contributed by atoms with Gasteiger partial charge in [-0.1, -0.05) is 0 Å². The summed E-state index contributed by atoms with van der Waals surface area (Å²) < 4.78 is 263. The van der Waals surface area contributed by atoms with Gasteiger partial charge in [0.05, 0.1) is 12.7 Å². The van der Waals surface area contributed by atoms with E-state index in [4.69, 9.17) is 14.9 Å². The van der Waals surface area contributed by atoms with Crippen LogP contribution in [0.4, 0.5) is 83.4 Å². The standard InChI is InChI=1S/C12H8F19O5P/c13-4(14,1-3(32)2-36-37(33,34)35)6(16,17)8(20,21)10(24,25)9(22,23)7(18,19)5(15,11(26,27)28)12(29,30)31/h3,32H,1-2H2,(H2,33,34,35). The molecule has 0 saturated carbocycles. The number of hydrogen-bond acceptors (Lipinski definition) is 3. The highest BCUT2D eigenvalue weighted by molar-refractivity contribution is 7.46. The third kappa shape index (κ3) is 5.57. The molecular formula is C12H8F19O5P. The lowest BCUT2D eigenvalue weighted by Gasteiger charge is -2.45. The Hall–Kier alpha value is -1.26. The van der Waals surface area contributed by atoms with Gasteiger partial charge in [0.25, 0.3) is 0 Å². The van der Waals surface area contributed by atoms with E-state index in [1.165, 1.54) is 0 Å².